The number of hydrogen-bond acceptors (Lipinski definition) is 3. The minimum absolute atomic E-state index is 0.00762. The van der Waals surface area contributed by atoms with E-state index in [1.54, 1.807) is 0 Å². The van der Waals surface area contributed by atoms with Gasteiger partial charge in [-0.05, 0) is 31.5 Å². The van der Waals surface area contributed by atoms with Gasteiger partial charge in [0.25, 0.3) is 0 Å². The second-order valence-electron chi connectivity index (χ2n) is 6.13. The highest BCUT2D eigenvalue weighted by Crippen LogP contribution is 2.58. The van der Waals surface area contributed by atoms with E-state index in [4.69, 9.17) is 0 Å². The second-order valence-corrected chi connectivity index (χ2v) is 6.13. The summed E-state index contributed by atoms with van der Waals surface area (Å²) < 4.78 is 0. The molecule has 18 heavy (non-hydrogen) atoms. The summed E-state index contributed by atoms with van der Waals surface area (Å²) >= 11 is 0. The Morgan fingerprint density at radius 3 is 2.94 bits per heavy atom. The fraction of sp³-hybridized carbons (Fsp3) is 0.533. The highest BCUT2D eigenvalue weighted by Gasteiger charge is 2.69. The predicted octanol–water partition coefficient (Wildman–Crippen LogP) is 1.69. The Bertz CT molecular complexity index is 555. The van der Waals surface area contributed by atoms with Gasteiger partial charge in [-0.3, -0.25) is 4.79 Å². The molecule has 2 heterocycles. The molecule has 0 unspecified atom stereocenters. The van der Waals surface area contributed by atoms with Crippen LogP contribution in [0.15, 0.2) is 24.3 Å². The van der Waals surface area contributed by atoms with Gasteiger partial charge >= 0.3 is 0 Å². The summed E-state index contributed by atoms with van der Waals surface area (Å²) in [6.07, 6.45) is 1.05. The molecular formula is C15H18N2O. The minimum Gasteiger partial charge on any atom is -0.379 e. The van der Waals surface area contributed by atoms with E-state index >= 15 is 0 Å². The zero-order chi connectivity index (χ0) is 12.5. The lowest BCUT2D eigenvalue weighted by Gasteiger charge is -2.42. The lowest BCUT2D eigenvalue weighted by Crippen LogP contribution is -2.62. The van der Waals surface area contributed by atoms with E-state index in [9.17, 15) is 4.79 Å². The molecule has 3 heteroatoms. The van der Waals surface area contributed by atoms with E-state index in [0.717, 1.165) is 13.0 Å². The third-order valence-corrected chi connectivity index (χ3v) is 5.53. The van der Waals surface area contributed by atoms with Crippen molar-refractivity contribution in [2.24, 2.45) is 5.92 Å². The number of para-hydroxylation sites is 1. The number of Topliss-reactive ketones (excluding diaryl/α,β-unsaturated/α-hetero) is 1. The largest absolute Gasteiger partial charge is 0.379 e. The van der Waals surface area contributed by atoms with Crippen LogP contribution in [-0.4, -0.2) is 23.9 Å². The van der Waals surface area contributed by atoms with Gasteiger partial charge in [0, 0.05) is 17.0 Å². The molecule has 2 N–H and O–H groups in total. The van der Waals surface area contributed by atoms with Crippen molar-refractivity contribution in [3.63, 3.8) is 0 Å². The lowest BCUT2D eigenvalue weighted by molar-refractivity contribution is -0.125. The van der Waals surface area contributed by atoms with Crippen molar-refractivity contribution in [2.75, 3.05) is 11.9 Å². The number of piperidine rings is 1. The fourth-order valence-electron chi connectivity index (χ4n) is 4.64. The molecule has 4 atom stereocenters. The fourth-order valence-corrected chi connectivity index (χ4v) is 4.64. The Morgan fingerprint density at radius 1 is 1.33 bits per heavy atom. The highest BCUT2D eigenvalue weighted by atomic mass is 16.1. The molecule has 1 saturated heterocycles. The molecule has 2 bridgehead atoms. The Labute approximate surface area is 107 Å². The highest BCUT2D eigenvalue weighted by molar-refractivity contribution is 5.98. The van der Waals surface area contributed by atoms with Crippen LogP contribution >= 0.6 is 0 Å². The van der Waals surface area contributed by atoms with Crippen molar-refractivity contribution in [3.05, 3.63) is 29.8 Å². The van der Waals surface area contributed by atoms with Crippen LogP contribution in [0.1, 0.15) is 25.8 Å². The maximum atomic E-state index is 12.6. The van der Waals surface area contributed by atoms with E-state index in [0.29, 0.717) is 5.78 Å². The summed E-state index contributed by atoms with van der Waals surface area (Å²) in [5, 5.41) is 7.06. The van der Waals surface area contributed by atoms with Crippen molar-refractivity contribution in [3.8, 4) is 0 Å². The van der Waals surface area contributed by atoms with Crippen LogP contribution in [0.5, 0.6) is 0 Å². The van der Waals surface area contributed by atoms with Gasteiger partial charge < -0.3 is 10.6 Å². The third-order valence-electron chi connectivity index (χ3n) is 5.53. The number of hydrogen-bond donors (Lipinski definition) is 2. The van der Waals surface area contributed by atoms with Crippen LogP contribution in [0.4, 0.5) is 5.69 Å². The van der Waals surface area contributed by atoms with E-state index in [1.807, 2.05) is 0 Å². The standard InChI is InChI=1S/C15H18N2O/c1-9-12(18)14(2)13-15(9,7-8-16-14)10-5-3-4-6-11(10)17-13/h3-6,9,13,16-17H,7-8H2,1-2H3/t9-,13+,14-,15+/m1/s1. The first-order chi connectivity index (χ1) is 8.60. The molecule has 1 aromatic rings. The average Bonchev–Trinajstić information content (AvgIpc) is 2.77. The first-order valence-corrected chi connectivity index (χ1v) is 6.76. The molecule has 4 rings (SSSR count). The van der Waals surface area contributed by atoms with Crippen LogP contribution < -0.4 is 10.6 Å². The number of anilines is 1. The first kappa shape index (κ1) is 10.6. The summed E-state index contributed by atoms with van der Waals surface area (Å²) in [6.45, 7) is 5.10. The zero-order valence-corrected chi connectivity index (χ0v) is 10.8. The van der Waals surface area contributed by atoms with Gasteiger partial charge in [-0.25, -0.2) is 0 Å². The molecule has 0 aromatic heterocycles. The number of carbonyl (C=O) groups is 1. The molecule has 0 amide bonds. The monoisotopic (exact) mass is 242 g/mol. The predicted molar refractivity (Wildman–Crippen MR) is 70.7 cm³/mol. The van der Waals surface area contributed by atoms with Crippen molar-refractivity contribution < 1.29 is 4.79 Å². The van der Waals surface area contributed by atoms with Gasteiger partial charge in [-0.15, -0.1) is 0 Å². The number of ketones is 1. The maximum Gasteiger partial charge on any atom is 0.158 e. The molecule has 0 spiro atoms. The van der Waals surface area contributed by atoms with E-state index in [2.05, 4.69) is 48.7 Å². The van der Waals surface area contributed by atoms with Crippen molar-refractivity contribution >= 4 is 11.5 Å². The normalized spacial score (nSPS) is 44.4. The maximum absolute atomic E-state index is 12.6. The van der Waals surface area contributed by atoms with Gasteiger partial charge in [0.2, 0.25) is 0 Å². The van der Waals surface area contributed by atoms with Crippen molar-refractivity contribution in [2.45, 2.75) is 37.3 Å². The molecule has 1 aromatic carbocycles. The molecule has 1 saturated carbocycles. The van der Waals surface area contributed by atoms with Gasteiger partial charge in [0.15, 0.2) is 5.78 Å². The molecule has 0 radical (unpaired) electrons. The quantitative estimate of drug-likeness (QED) is 0.727. The lowest BCUT2D eigenvalue weighted by atomic mass is 9.68. The third kappa shape index (κ3) is 0.881. The second kappa shape index (κ2) is 2.97. The van der Waals surface area contributed by atoms with E-state index in [-0.39, 0.29) is 17.4 Å². The minimum atomic E-state index is -0.406. The molecule has 94 valence electrons. The number of carbonyl (C=O) groups excluding carboxylic acids is 1. The molecular weight excluding hydrogens is 224 g/mol. The van der Waals surface area contributed by atoms with Gasteiger partial charge in [0.1, 0.15) is 0 Å². The van der Waals surface area contributed by atoms with Crippen LogP contribution in [0.2, 0.25) is 0 Å². The van der Waals surface area contributed by atoms with Crippen molar-refractivity contribution in [1.82, 2.24) is 5.32 Å². The summed E-state index contributed by atoms with van der Waals surface area (Å²) in [6, 6.07) is 8.70. The summed E-state index contributed by atoms with van der Waals surface area (Å²) in [5.41, 5.74) is 2.17. The first-order valence-electron chi connectivity index (χ1n) is 6.76. The van der Waals surface area contributed by atoms with E-state index in [1.165, 1.54) is 11.3 Å². The van der Waals surface area contributed by atoms with Crippen LogP contribution in [-0.2, 0) is 10.2 Å². The van der Waals surface area contributed by atoms with Gasteiger partial charge in [-0.2, -0.15) is 0 Å². The smallest absolute Gasteiger partial charge is 0.158 e. The SMILES string of the molecule is C[C@@H]1C(=O)[C@@]2(C)NCC[C@@]13c1ccccc1N[C@H]32. The van der Waals surface area contributed by atoms with E-state index < -0.39 is 5.54 Å². The van der Waals surface area contributed by atoms with Crippen LogP contribution in [0.3, 0.4) is 0 Å². The van der Waals surface area contributed by atoms with Gasteiger partial charge in [0.05, 0.1) is 11.6 Å². The number of benzene rings is 1. The molecule has 3 aliphatic rings. The Balaban J connectivity index is 2.00. The number of fused-ring (bicyclic) bond motifs is 1. The number of rotatable bonds is 0. The molecule has 2 aliphatic heterocycles. The Morgan fingerprint density at radius 2 is 2.11 bits per heavy atom. The van der Waals surface area contributed by atoms with Crippen LogP contribution in [0.25, 0.3) is 0 Å². The summed E-state index contributed by atoms with van der Waals surface area (Å²) in [5.74, 6) is 0.464. The molecule has 1 aliphatic carbocycles. The number of nitrogens with one attached hydrogen (secondary N) is 2. The van der Waals surface area contributed by atoms with Gasteiger partial charge in [-0.1, -0.05) is 25.1 Å². The van der Waals surface area contributed by atoms with Crippen molar-refractivity contribution in [1.29, 1.82) is 0 Å². The average molecular weight is 242 g/mol. The zero-order valence-electron chi connectivity index (χ0n) is 10.8. The summed E-state index contributed by atoms with van der Waals surface area (Å²) in [4.78, 5) is 12.6. The molecule has 3 nitrogen and oxygen atoms in total. The summed E-state index contributed by atoms with van der Waals surface area (Å²) in [7, 11) is 0. The topological polar surface area (TPSA) is 41.1 Å². The molecule has 2 fully saturated rings. The Hall–Kier alpha value is -1.35. The Kier molecular flexibility index (Phi) is 1.74. The van der Waals surface area contributed by atoms with Crippen LogP contribution in [0, 0.1) is 5.92 Å².